The average molecular weight is 707 g/mol. The summed E-state index contributed by atoms with van der Waals surface area (Å²) < 4.78 is 13.7. The third-order valence-electron chi connectivity index (χ3n) is 11.1. The van der Waals surface area contributed by atoms with Crippen LogP contribution in [0.15, 0.2) is 53.0 Å². The number of carbonyl (C=O) groups excluding carboxylic acids is 1. The second-order valence-electron chi connectivity index (χ2n) is 16.3. The van der Waals surface area contributed by atoms with E-state index in [-0.39, 0.29) is 41.0 Å². The third-order valence-corrected chi connectivity index (χ3v) is 11.1. The number of rotatable bonds is 6. The maximum Gasteiger partial charge on any atom is 0.342 e. The fourth-order valence-electron chi connectivity index (χ4n) is 8.32. The summed E-state index contributed by atoms with van der Waals surface area (Å²) in [6, 6.07) is 14.3. The molecule has 0 radical (unpaired) electrons. The first kappa shape index (κ1) is 37.4. The Bertz CT molecular complexity index is 2000. The number of hydrogen-bond acceptors (Lipinski definition) is 6. The van der Waals surface area contributed by atoms with E-state index in [9.17, 15) is 9.59 Å². The molecule has 6 bridgehead atoms. The molecule has 1 aromatic heterocycles. The summed E-state index contributed by atoms with van der Waals surface area (Å²) in [6.07, 6.45) is 4.48. The van der Waals surface area contributed by atoms with Crippen LogP contribution in [0.2, 0.25) is 0 Å². The van der Waals surface area contributed by atoms with Crippen molar-refractivity contribution in [2.24, 2.45) is 18.4 Å². The number of fused-ring (bicyclic) bond motifs is 3. The predicted octanol–water partition coefficient (Wildman–Crippen LogP) is 7.12. The van der Waals surface area contributed by atoms with Crippen molar-refractivity contribution in [1.82, 2.24) is 19.3 Å². The number of piperazine rings is 1. The zero-order valence-corrected chi connectivity index (χ0v) is 33.0. The van der Waals surface area contributed by atoms with E-state index < -0.39 is 0 Å². The molecule has 0 spiro atoms. The lowest BCUT2D eigenvalue weighted by molar-refractivity contribution is -0.130. The lowest BCUT2D eigenvalue weighted by Gasteiger charge is -2.42. The van der Waals surface area contributed by atoms with Gasteiger partial charge in [0.2, 0.25) is 0 Å². The Morgan fingerprint density at radius 3 is 2.37 bits per heavy atom. The van der Waals surface area contributed by atoms with Crippen LogP contribution >= 0.6 is 0 Å². The van der Waals surface area contributed by atoms with Gasteiger partial charge in [0.05, 0.1) is 32.4 Å². The molecule has 0 N–H and O–H groups in total. The number of allylic oxidation sites excluding steroid dienone is 1. The molecule has 0 aliphatic carbocycles. The molecule has 276 valence electrons. The van der Waals surface area contributed by atoms with Crippen molar-refractivity contribution in [3.63, 3.8) is 0 Å². The average Bonchev–Trinajstić information content (AvgIpc) is 3.11. The van der Waals surface area contributed by atoms with Crippen molar-refractivity contribution in [3.8, 4) is 28.7 Å². The number of aryl methyl sites for hydroxylation is 1. The molecule has 9 nitrogen and oxygen atoms in total. The van der Waals surface area contributed by atoms with Gasteiger partial charge in [0.1, 0.15) is 11.5 Å². The number of benzene rings is 2. The SMILES string of the molecule is COc1cc(-c2cn(C)c(=O)c(C)c2C)cc(OC)c1CN1C[C@H](C)N2Cc3cccc4c3CCN(C(=O)/C(=C/C(C)(C)C)C#[N+][C@@H]1C2)C4C(C)C. The first-order valence-corrected chi connectivity index (χ1v) is 18.6. The summed E-state index contributed by atoms with van der Waals surface area (Å²) in [5.74, 6) is 1.66. The number of aromatic nitrogens is 1. The van der Waals surface area contributed by atoms with E-state index in [1.165, 1.54) is 16.7 Å². The van der Waals surface area contributed by atoms with Gasteiger partial charge >= 0.3 is 12.2 Å². The minimum atomic E-state index is -0.266. The highest BCUT2D eigenvalue weighted by Crippen LogP contribution is 2.40. The topological polar surface area (TPSA) is 71.6 Å². The number of carbonyl (C=O) groups is 1. The van der Waals surface area contributed by atoms with Gasteiger partial charge in [0.25, 0.3) is 11.5 Å². The normalized spacial score (nSPS) is 22.8. The minimum Gasteiger partial charge on any atom is -0.496 e. The van der Waals surface area contributed by atoms with Crippen molar-refractivity contribution in [2.45, 2.75) is 93.1 Å². The highest BCUT2D eigenvalue weighted by Gasteiger charge is 2.42. The van der Waals surface area contributed by atoms with Crippen LogP contribution in [0.4, 0.5) is 0 Å². The van der Waals surface area contributed by atoms with Crippen LogP contribution in [0.25, 0.3) is 16.0 Å². The number of ether oxygens (including phenoxy) is 2. The number of amides is 1. The van der Waals surface area contributed by atoms with Crippen molar-refractivity contribution in [3.05, 3.63) is 96.8 Å². The van der Waals surface area contributed by atoms with Gasteiger partial charge in [-0.2, -0.15) is 0 Å². The quantitative estimate of drug-likeness (QED) is 0.255. The van der Waals surface area contributed by atoms with Crippen molar-refractivity contribution in [2.75, 3.05) is 33.9 Å². The highest BCUT2D eigenvalue weighted by molar-refractivity contribution is 5.98. The van der Waals surface area contributed by atoms with E-state index in [0.717, 1.165) is 47.3 Å². The van der Waals surface area contributed by atoms with E-state index in [2.05, 4.69) is 80.5 Å². The van der Waals surface area contributed by atoms with Crippen LogP contribution in [-0.4, -0.2) is 71.2 Å². The third kappa shape index (κ3) is 7.16. The molecule has 2 aromatic carbocycles. The monoisotopic (exact) mass is 706 g/mol. The Hall–Kier alpha value is -4.39. The Labute approximate surface area is 309 Å². The van der Waals surface area contributed by atoms with Gasteiger partial charge in [-0.05, 0) is 78.5 Å². The van der Waals surface area contributed by atoms with Gasteiger partial charge in [0, 0.05) is 56.6 Å². The summed E-state index contributed by atoms with van der Waals surface area (Å²) in [4.78, 5) is 39.3. The van der Waals surface area contributed by atoms with Gasteiger partial charge in [-0.15, -0.1) is 0 Å². The number of pyridine rings is 1. The summed E-state index contributed by atoms with van der Waals surface area (Å²) in [5, 5.41) is 0. The number of hydrogen-bond donors (Lipinski definition) is 0. The first-order valence-electron chi connectivity index (χ1n) is 18.6. The summed E-state index contributed by atoms with van der Waals surface area (Å²) in [5.41, 5.74) is 8.72. The molecule has 9 heteroatoms. The first-order chi connectivity index (χ1) is 24.6. The van der Waals surface area contributed by atoms with Crippen LogP contribution in [0.1, 0.15) is 81.0 Å². The van der Waals surface area contributed by atoms with Crippen LogP contribution in [-0.2, 0) is 31.4 Å². The second kappa shape index (κ2) is 14.6. The molecule has 1 amide bonds. The lowest BCUT2D eigenvalue weighted by Crippen LogP contribution is -2.55. The number of methoxy groups -OCH3 is 2. The highest BCUT2D eigenvalue weighted by atomic mass is 16.5. The van der Waals surface area contributed by atoms with Crippen LogP contribution in [0, 0.1) is 31.2 Å². The second-order valence-corrected chi connectivity index (χ2v) is 16.3. The molecule has 4 atom stereocenters. The molecule has 7 rings (SSSR count). The Morgan fingerprint density at radius 1 is 1.04 bits per heavy atom. The zero-order chi connectivity index (χ0) is 37.6. The molecule has 4 aliphatic rings. The van der Waals surface area contributed by atoms with Gasteiger partial charge < -0.3 is 18.9 Å². The van der Waals surface area contributed by atoms with E-state index in [4.69, 9.17) is 14.3 Å². The van der Waals surface area contributed by atoms with E-state index in [0.29, 0.717) is 36.7 Å². The van der Waals surface area contributed by atoms with Crippen LogP contribution in [0.5, 0.6) is 11.5 Å². The molecule has 0 saturated carbocycles. The molecule has 1 saturated heterocycles. The predicted molar refractivity (Wildman–Crippen MR) is 208 cm³/mol. The van der Waals surface area contributed by atoms with Gasteiger partial charge in [-0.1, -0.05) is 63.7 Å². The smallest absolute Gasteiger partial charge is 0.342 e. The molecule has 52 heavy (non-hydrogen) atoms. The van der Waals surface area contributed by atoms with Gasteiger partial charge in [-0.3, -0.25) is 14.5 Å². The molecule has 4 aliphatic heterocycles. The lowest BCUT2D eigenvalue weighted by atomic mass is 9.83. The van der Waals surface area contributed by atoms with Crippen LogP contribution < -0.4 is 15.0 Å². The largest absolute Gasteiger partial charge is 0.496 e. The Balaban J connectivity index is 1.45. The Morgan fingerprint density at radius 2 is 1.73 bits per heavy atom. The molecule has 2 unspecified atom stereocenters. The molecule has 5 heterocycles. The molecule has 3 aromatic rings. The van der Waals surface area contributed by atoms with Crippen LogP contribution in [0.3, 0.4) is 0 Å². The van der Waals surface area contributed by atoms with E-state index in [1.54, 1.807) is 25.8 Å². The fourth-order valence-corrected chi connectivity index (χ4v) is 8.32. The minimum absolute atomic E-state index is 0.00439. The van der Waals surface area contributed by atoms with Gasteiger partial charge in [0.15, 0.2) is 5.57 Å². The van der Waals surface area contributed by atoms with Crippen molar-refractivity contribution < 1.29 is 14.3 Å². The molecular formula is C43H56N5O4+. The Kier molecular flexibility index (Phi) is 10.5. The van der Waals surface area contributed by atoms with Crippen molar-refractivity contribution in [1.29, 1.82) is 0 Å². The van der Waals surface area contributed by atoms with E-state index >= 15 is 0 Å². The van der Waals surface area contributed by atoms with Gasteiger partial charge in [-0.25, -0.2) is 4.90 Å². The molecule has 1 fully saturated rings. The molecular weight excluding hydrogens is 651 g/mol. The number of nitrogens with zero attached hydrogens (tertiary/aromatic N) is 5. The standard InChI is InChI=1S/C43H56N5O4/c1-26(2)40-34-14-12-13-30-22-46-25-39(44-20-32(19-43(6,7)8)42(50)48(40)16-15-33(30)34)47(21-27(46)3)24-36-37(51-10)17-31(18-38(36)52-11)35-23-45(9)41(49)29(5)28(35)4/h12-14,17-19,23,26-27,39-40H,15-16,21-22,24-25H2,1-11H3/q+1/b32-19+/t27-,39-,40?/m0/s1. The maximum absolute atomic E-state index is 14.6. The fraction of sp³-hybridized carbons (Fsp3) is 0.512. The summed E-state index contributed by atoms with van der Waals surface area (Å²) in [7, 11) is 5.15. The van der Waals surface area contributed by atoms with Crippen molar-refractivity contribution >= 4 is 5.91 Å². The zero-order valence-electron chi connectivity index (χ0n) is 33.0. The summed E-state index contributed by atoms with van der Waals surface area (Å²) >= 11 is 0. The summed E-state index contributed by atoms with van der Waals surface area (Å²) in [6.45, 7) is 20.4. The van der Waals surface area contributed by atoms with E-state index in [1.807, 2.05) is 38.3 Å². The maximum atomic E-state index is 14.6.